The molecule has 1 heterocycles. The van der Waals surface area contributed by atoms with Crippen LogP contribution >= 0.6 is 0 Å². The summed E-state index contributed by atoms with van der Waals surface area (Å²) in [5, 5.41) is 10.5. The molecule has 250 valence electrons. The van der Waals surface area contributed by atoms with Gasteiger partial charge in [0.1, 0.15) is 16.5 Å². The van der Waals surface area contributed by atoms with Crippen LogP contribution < -0.4 is 0 Å². The number of carboxylic acids is 1. The van der Waals surface area contributed by atoms with E-state index >= 15 is 0 Å². The Morgan fingerprint density at radius 3 is 1.93 bits per heavy atom. The van der Waals surface area contributed by atoms with Crippen LogP contribution in [-0.2, 0) is 18.5 Å². The molecule has 0 aromatic heterocycles. The molecule has 3 aliphatic carbocycles. The second-order valence-electron chi connectivity index (χ2n) is 19.7. The highest BCUT2D eigenvalue weighted by Gasteiger charge is 2.68. The average Bonchev–Trinajstić information content (AvgIpc) is 3.11. The summed E-state index contributed by atoms with van der Waals surface area (Å²) in [7, 11) is -5.95. The Bertz CT molecular complexity index is 998. The van der Waals surface area contributed by atoms with Crippen molar-refractivity contribution >= 4 is 37.9 Å². The van der Waals surface area contributed by atoms with Gasteiger partial charge in [0.15, 0.2) is 8.32 Å². The van der Waals surface area contributed by atoms with Gasteiger partial charge in [0, 0.05) is 5.94 Å². The van der Waals surface area contributed by atoms with E-state index in [2.05, 4.69) is 98.1 Å². The molecular formula is C33H68BNO5Si3. The molecule has 0 amide bonds. The third-order valence-electron chi connectivity index (χ3n) is 11.7. The summed E-state index contributed by atoms with van der Waals surface area (Å²) >= 11 is 0. The molecule has 0 spiro atoms. The van der Waals surface area contributed by atoms with Gasteiger partial charge in [0.05, 0.1) is 23.7 Å². The van der Waals surface area contributed by atoms with Crippen LogP contribution in [0, 0.1) is 28.6 Å². The van der Waals surface area contributed by atoms with Crippen molar-refractivity contribution in [3.8, 4) is 0 Å². The number of hydrogen-bond donors (Lipinski definition) is 1. The molecule has 1 saturated heterocycles. The van der Waals surface area contributed by atoms with Crippen LogP contribution in [0.2, 0.25) is 57.4 Å². The topological polar surface area (TPSA) is 68.2 Å². The Morgan fingerprint density at radius 2 is 1.51 bits per heavy atom. The minimum atomic E-state index is -2.20. The summed E-state index contributed by atoms with van der Waals surface area (Å²) < 4.78 is 24.0. The summed E-state index contributed by atoms with van der Waals surface area (Å²) in [5.41, 5.74) is -0.302. The van der Waals surface area contributed by atoms with E-state index in [1.165, 1.54) is 6.42 Å². The first-order valence-corrected chi connectivity index (χ1v) is 26.9. The molecule has 6 nitrogen and oxygen atoms in total. The fraction of sp³-hybridized carbons (Fsp3) is 0.970. The molecule has 43 heavy (non-hydrogen) atoms. The average molecular weight is 654 g/mol. The molecule has 3 saturated carbocycles. The van der Waals surface area contributed by atoms with Crippen molar-refractivity contribution in [1.82, 2.24) is 4.23 Å². The predicted molar refractivity (Wildman–Crippen MR) is 189 cm³/mol. The van der Waals surface area contributed by atoms with Gasteiger partial charge in [-0.05, 0) is 79.8 Å². The molecule has 2 bridgehead atoms. The maximum atomic E-state index is 12.8. The number of carbonyl (C=O) groups is 1. The molecule has 0 aromatic carbocycles. The van der Waals surface area contributed by atoms with Crippen molar-refractivity contribution in [3.05, 3.63) is 0 Å². The van der Waals surface area contributed by atoms with E-state index in [0.717, 1.165) is 25.7 Å². The van der Waals surface area contributed by atoms with Gasteiger partial charge in [-0.15, -0.1) is 0 Å². The van der Waals surface area contributed by atoms with Crippen LogP contribution in [0.15, 0.2) is 0 Å². The lowest BCUT2D eigenvalue weighted by molar-refractivity contribution is -0.185. The minimum Gasteiger partial charge on any atom is -0.481 e. The van der Waals surface area contributed by atoms with Crippen LogP contribution in [0.1, 0.15) is 94.4 Å². The maximum Gasteiger partial charge on any atom is 0.474 e. The number of rotatable bonds is 12. The lowest BCUT2D eigenvalue weighted by Gasteiger charge is -2.63. The number of hydrogen-bond acceptors (Lipinski definition) is 5. The maximum absolute atomic E-state index is 12.8. The van der Waals surface area contributed by atoms with Gasteiger partial charge in [0.2, 0.25) is 0 Å². The third kappa shape index (κ3) is 7.62. The van der Waals surface area contributed by atoms with Crippen LogP contribution in [0.4, 0.5) is 0 Å². The third-order valence-corrected chi connectivity index (χ3v) is 23.8. The molecule has 4 fully saturated rings. The van der Waals surface area contributed by atoms with E-state index < -0.39 is 42.1 Å². The van der Waals surface area contributed by atoms with Crippen molar-refractivity contribution in [2.24, 2.45) is 28.6 Å². The van der Waals surface area contributed by atoms with E-state index in [1.807, 2.05) is 20.8 Å². The quantitative estimate of drug-likeness (QED) is 0.212. The van der Waals surface area contributed by atoms with Crippen molar-refractivity contribution < 1.29 is 23.6 Å². The molecule has 0 radical (unpaired) electrons. The summed E-state index contributed by atoms with van der Waals surface area (Å²) in [6.45, 7) is 39.3. The zero-order valence-corrected chi connectivity index (χ0v) is 34.1. The van der Waals surface area contributed by atoms with Crippen LogP contribution in [0.25, 0.3) is 0 Å². The lowest BCUT2D eigenvalue weighted by Crippen LogP contribution is -2.67. The lowest BCUT2D eigenvalue weighted by atomic mass is 9.45. The first-order chi connectivity index (χ1) is 19.0. The highest BCUT2D eigenvalue weighted by molar-refractivity contribution is 6.90. The SMILES string of the molecule is CC(C)(C)C(C(=O)O)C(CCC[C@H](B1O[C@@H]2[C@@H]3C[C@H](C[C@]2(C)O1)C3(C)C)N([Si](C)(C)C)[Si](C)(C)C)O[Si](C)(C)C(C)(C)C. The number of nitrogens with zero attached hydrogens (tertiary/aromatic N) is 1. The minimum absolute atomic E-state index is 0.00685. The van der Waals surface area contributed by atoms with Gasteiger partial charge in [0.25, 0.3) is 0 Å². The first kappa shape index (κ1) is 37.5. The van der Waals surface area contributed by atoms with E-state index in [0.29, 0.717) is 17.3 Å². The highest BCUT2D eigenvalue weighted by Crippen LogP contribution is 2.65. The van der Waals surface area contributed by atoms with Crippen LogP contribution in [-0.4, -0.2) is 71.0 Å². The summed E-state index contributed by atoms with van der Waals surface area (Å²) in [5.74, 6) is 0.106. The Kier molecular flexibility index (Phi) is 10.4. The van der Waals surface area contributed by atoms with Crippen molar-refractivity contribution in [1.29, 1.82) is 0 Å². The van der Waals surface area contributed by atoms with E-state index in [9.17, 15) is 9.90 Å². The van der Waals surface area contributed by atoms with Gasteiger partial charge in [-0.2, -0.15) is 0 Å². The van der Waals surface area contributed by atoms with Crippen molar-refractivity contribution in [2.75, 3.05) is 0 Å². The van der Waals surface area contributed by atoms with Crippen molar-refractivity contribution in [2.45, 2.75) is 176 Å². The van der Waals surface area contributed by atoms with Gasteiger partial charge in [-0.25, -0.2) is 0 Å². The molecule has 1 aliphatic heterocycles. The van der Waals surface area contributed by atoms with E-state index in [1.54, 1.807) is 0 Å². The zero-order chi connectivity index (χ0) is 33.4. The summed E-state index contributed by atoms with van der Waals surface area (Å²) in [6, 6.07) is 0. The molecule has 1 N–H and O–H groups in total. The second-order valence-corrected chi connectivity index (χ2v) is 34.6. The Labute approximate surface area is 269 Å². The van der Waals surface area contributed by atoms with Gasteiger partial charge in [-0.1, -0.05) is 94.7 Å². The molecule has 7 atom stereocenters. The molecule has 10 heteroatoms. The van der Waals surface area contributed by atoms with E-state index in [4.69, 9.17) is 13.7 Å². The Hall–Kier alpha value is 0.0256. The van der Waals surface area contributed by atoms with Gasteiger partial charge < -0.3 is 23.1 Å². The molecule has 2 unspecified atom stereocenters. The Balaban J connectivity index is 1.94. The Morgan fingerprint density at radius 1 is 0.977 bits per heavy atom. The molecule has 4 rings (SSSR count). The first-order valence-electron chi connectivity index (χ1n) is 17.1. The van der Waals surface area contributed by atoms with Gasteiger partial charge in [-0.3, -0.25) is 4.79 Å². The highest BCUT2D eigenvalue weighted by atomic mass is 28.4. The smallest absolute Gasteiger partial charge is 0.474 e. The zero-order valence-electron chi connectivity index (χ0n) is 31.1. The van der Waals surface area contributed by atoms with Crippen molar-refractivity contribution in [3.63, 3.8) is 0 Å². The normalized spacial score (nSPS) is 30.1. The van der Waals surface area contributed by atoms with E-state index in [-0.39, 0.29) is 35.9 Å². The fourth-order valence-corrected chi connectivity index (χ4v) is 20.7. The monoisotopic (exact) mass is 653 g/mol. The summed E-state index contributed by atoms with van der Waals surface area (Å²) in [4.78, 5) is 12.8. The number of carboxylic acid groups (broad SMARTS) is 1. The molecule has 4 aliphatic rings. The van der Waals surface area contributed by atoms with Crippen LogP contribution in [0.5, 0.6) is 0 Å². The number of aliphatic carboxylic acids is 1. The largest absolute Gasteiger partial charge is 0.481 e. The fourth-order valence-electron chi connectivity index (χ4n) is 8.76. The molecule has 0 aromatic rings. The second kappa shape index (κ2) is 11.9. The summed E-state index contributed by atoms with van der Waals surface area (Å²) in [6.07, 6.45) is 4.70. The predicted octanol–water partition coefficient (Wildman–Crippen LogP) is 8.90. The van der Waals surface area contributed by atoms with Crippen LogP contribution in [0.3, 0.4) is 0 Å². The molecular weight excluding hydrogens is 585 g/mol. The standard InChI is InChI=1S/C33H68BNO5Si3/c1-30(2,3)27(29(36)37)25(39-43(16,17)31(4,5)6)19-18-20-26(35(41(10,11)12)42(13,14)15)34-38-28-24-21-23(32(24,7)8)22-33(28,9)40-34/h23-28H,18-22H2,1-17H3,(H,36,37)/t23-,24+,25?,26-,27?,28-,33+/m1/s1. The van der Waals surface area contributed by atoms with Gasteiger partial charge >= 0.3 is 13.1 Å².